The highest BCUT2D eigenvalue weighted by molar-refractivity contribution is 7.88. The summed E-state index contributed by atoms with van der Waals surface area (Å²) in [6.07, 6.45) is 1.28. The summed E-state index contributed by atoms with van der Waals surface area (Å²) in [5, 5.41) is 0. The molecule has 0 aliphatic heterocycles. The molecule has 20 heavy (non-hydrogen) atoms. The van der Waals surface area contributed by atoms with Crippen molar-refractivity contribution in [2.75, 3.05) is 6.26 Å². The van der Waals surface area contributed by atoms with Crippen LogP contribution in [0.1, 0.15) is 26.3 Å². The molecule has 0 unspecified atom stereocenters. The molecule has 0 aliphatic rings. The van der Waals surface area contributed by atoms with Crippen molar-refractivity contribution < 1.29 is 17.9 Å². The summed E-state index contributed by atoms with van der Waals surface area (Å²) in [5.41, 5.74) is 0.199. The van der Waals surface area contributed by atoms with Gasteiger partial charge in [-0.15, -0.1) is 0 Å². The van der Waals surface area contributed by atoms with Crippen molar-refractivity contribution in [2.24, 2.45) is 0 Å². The average molecular weight is 299 g/mol. The third kappa shape index (κ3) is 6.68. The summed E-state index contributed by atoms with van der Waals surface area (Å²) in [4.78, 5) is 12.1. The van der Waals surface area contributed by atoms with Gasteiger partial charge < -0.3 is 4.74 Å². The number of hydrogen-bond donors (Lipinski definition) is 1. The molecular weight excluding hydrogens is 278 g/mol. The Balaban J connectivity index is 2.88. The van der Waals surface area contributed by atoms with Gasteiger partial charge in [-0.2, -0.15) is 0 Å². The van der Waals surface area contributed by atoms with Crippen LogP contribution in [0, 0.1) is 0 Å². The summed E-state index contributed by atoms with van der Waals surface area (Å²) in [6, 6.07) is 8.27. The number of hydrogen-bond acceptors (Lipinski definition) is 4. The molecule has 0 heterocycles. The zero-order chi connectivity index (χ0) is 15.4. The zero-order valence-corrected chi connectivity index (χ0v) is 13.0. The fraction of sp³-hybridized carbons (Fsp3) is 0.500. The predicted molar refractivity (Wildman–Crippen MR) is 77.8 cm³/mol. The molecule has 0 aliphatic carbocycles. The summed E-state index contributed by atoms with van der Waals surface area (Å²) in [7, 11) is -3.49. The van der Waals surface area contributed by atoms with E-state index >= 15 is 0 Å². The van der Waals surface area contributed by atoms with Crippen LogP contribution in [-0.4, -0.2) is 32.3 Å². The largest absolute Gasteiger partial charge is 0.459 e. The molecule has 1 aromatic rings. The molecule has 0 spiro atoms. The molecule has 1 rings (SSSR count). The highest BCUT2D eigenvalue weighted by Crippen LogP contribution is 2.12. The van der Waals surface area contributed by atoms with Gasteiger partial charge in [0.25, 0.3) is 0 Å². The first-order valence-electron chi connectivity index (χ1n) is 6.31. The Hall–Kier alpha value is -1.40. The molecule has 1 atom stereocenters. The molecule has 6 heteroatoms. The van der Waals surface area contributed by atoms with Gasteiger partial charge in [-0.1, -0.05) is 30.3 Å². The smallest absolute Gasteiger partial charge is 0.325 e. The van der Waals surface area contributed by atoms with E-state index in [-0.39, 0.29) is 6.42 Å². The standard InChI is InChI=1S/C14H21NO4S/c1-14(2,3)19-13(16)12(15-20(4,17)18)10-11-8-6-5-7-9-11/h5-9,12,15H,10H2,1-4H3/t12-/m1/s1. The van der Waals surface area contributed by atoms with Gasteiger partial charge in [-0.3, -0.25) is 4.79 Å². The Bertz CT molecular complexity index is 546. The Morgan fingerprint density at radius 1 is 1.25 bits per heavy atom. The van der Waals surface area contributed by atoms with Crippen LogP contribution in [0.2, 0.25) is 0 Å². The molecule has 0 amide bonds. The van der Waals surface area contributed by atoms with Gasteiger partial charge in [0.2, 0.25) is 10.0 Å². The lowest BCUT2D eigenvalue weighted by Crippen LogP contribution is -2.45. The van der Waals surface area contributed by atoms with E-state index in [9.17, 15) is 13.2 Å². The van der Waals surface area contributed by atoms with Crippen molar-refractivity contribution in [2.45, 2.75) is 38.8 Å². The average Bonchev–Trinajstić information content (AvgIpc) is 2.25. The third-order valence-corrected chi connectivity index (χ3v) is 3.04. The van der Waals surface area contributed by atoms with Gasteiger partial charge in [0.1, 0.15) is 11.6 Å². The zero-order valence-electron chi connectivity index (χ0n) is 12.2. The van der Waals surface area contributed by atoms with Gasteiger partial charge in [-0.25, -0.2) is 13.1 Å². The molecule has 0 saturated carbocycles. The van der Waals surface area contributed by atoms with Gasteiger partial charge >= 0.3 is 5.97 Å². The molecule has 5 nitrogen and oxygen atoms in total. The maximum atomic E-state index is 12.1. The van der Waals surface area contributed by atoms with Crippen LogP contribution in [-0.2, 0) is 26.0 Å². The van der Waals surface area contributed by atoms with Crippen LogP contribution >= 0.6 is 0 Å². The van der Waals surface area contributed by atoms with Crippen LogP contribution in [0.15, 0.2) is 30.3 Å². The lowest BCUT2D eigenvalue weighted by atomic mass is 10.1. The first-order chi connectivity index (χ1) is 9.07. The second kappa shape index (κ2) is 6.37. The Kier molecular flexibility index (Phi) is 5.30. The van der Waals surface area contributed by atoms with Crippen LogP contribution in [0.25, 0.3) is 0 Å². The minimum absolute atomic E-state index is 0.253. The number of benzene rings is 1. The first-order valence-corrected chi connectivity index (χ1v) is 8.20. The molecular formula is C14H21NO4S. The van der Waals surface area contributed by atoms with Crippen molar-refractivity contribution in [1.82, 2.24) is 4.72 Å². The molecule has 0 saturated heterocycles. The van der Waals surface area contributed by atoms with Crippen molar-refractivity contribution in [3.8, 4) is 0 Å². The minimum atomic E-state index is -3.49. The van der Waals surface area contributed by atoms with Crippen molar-refractivity contribution >= 4 is 16.0 Å². The summed E-state index contributed by atoms with van der Waals surface area (Å²) < 4.78 is 30.3. The SMILES string of the molecule is CC(C)(C)OC(=O)[C@@H](Cc1ccccc1)NS(C)(=O)=O. The molecule has 1 aromatic carbocycles. The first kappa shape index (κ1) is 16.7. The number of rotatable bonds is 5. The summed E-state index contributed by atoms with van der Waals surface area (Å²) >= 11 is 0. The molecule has 112 valence electrons. The lowest BCUT2D eigenvalue weighted by molar-refractivity contribution is -0.156. The van der Waals surface area contributed by atoms with Crippen LogP contribution in [0.5, 0.6) is 0 Å². The Labute approximate surface area is 120 Å². The molecule has 0 aromatic heterocycles. The van der Waals surface area contributed by atoms with E-state index in [0.29, 0.717) is 0 Å². The van der Waals surface area contributed by atoms with E-state index in [1.54, 1.807) is 20.8 Å². The number of esters is 1. The fourth-order valence-electron chi connectivity index (χ4n) is 1.65. The highest BCUT2D eigenvalue weighted by Gasteiger charge is 2.27. The second-order valence-electron chi connectivity index (χ2n) is 5.67. The highest BCUT2D eigenvalue weighted by atomic mass is 32.2. The lowest BCUT2D eigenvalue weighted by Gasteiger charge is -2.24. The van der Waals surface area contributed by atoms with Gasteiger partial charge in [0, 0.05) is 0 Å². The van der Waals surface area contributed by atoms with E-state index in [4.69, 9.17) is 4.74 Å². The number of nitrogens with one attached hydrogen (secondary N) is 1. The normalized spacial score (nSPS) is 13.8. The Morgan fingerprint density at radius 2 is 1.80 bits per heavy atom. The van der Waals surface area contributed by atoms with Crippen LogP contribution < -0.4 is 4.72 Å². The number of carbonyl (C=O) groups is 1. The topological polar surface area (TPSA) is 72.5 Å². The molecule has 0 fully saturated rings. The number of sulfonamides is 1. The van der Waals surface area contributed by atoms with Gasteiger partial charge in [-0.05, 0) is 32.8 Å². The van der Waals surface area contributed by atoms with E-state index in [2.05, 4.69) is 4.72 Å². The van der Waals surface area contributed by atoms with Crippen LogP contribution in [0.4, 0.5) is 0 Å². The third-order valence-electron chi connectivity index (χ3n) is 2.33. The fourth-order valence-corrected chi connectivity index (χ4v) is 2.35. The molecule has 0 bridgehead atoms. The van der Waals surface area contributed by atoms with E-state index in [1.165, 1.54) is 0 Å². The maximum absolute atomic E-state index is 12.1. The maximum Gasteiger partial charge on any atom is 0.325 e. The monoisotopic (exact) mass is 299 g/mol. The summed E-state index contributed by atoms with van der Waals surface area (Å²) in [6.45, 7) is 5.22. The number of carbonyl (C=O) groups excluding carboxylic acids is 1. The van der Waals surface area contributed by atoms with Gasteiger partial charge in [0.15, 0.2) is 0 Å². The quantitative estimate of drug-likeness (QED) is 0.836. The van der Waals surface area contributed by atoms with Gasteiger partial charge in [0.05, 0.1) is 6.26 Å². The van der Waals surface area contributed by atoms with Crippen molar-refractivity contribution in [1.29, 1.82) is 0 Å². The van der Waals surface area contributed by atoms with Crippen LogP contribution in [0.3, 0.4) is 0 Å². The Morgan fingerprint density at radius 3 is 2.25 bits per heavy atom. The second-order valence-corrected chi connectivity index (χ2v) is 7.45. The van der Waals surface area contributed by atoms with E-state index in [0.717, 1.165) is 11.8 Å². The van der Waals surface area contributed by atoms with Crippen molar-refractivity contribution in [3.05, 3.63) is 35.9 Å². The van der Waals surface area contributed by atoms with E-state index < -0.39 is 27.6 Å². The predicted octanol–water partition coefficient (Wildman–Crippen LogP) is 1.49. The number of ether oxygens (including phenoxy) is 1. The van der Waals surface area contributed by atoms with E-state index in [1.807, 2.05) is 30.3 Å². The van der Waals surface area contributed by atoms with Crippen molar-refractivity contribution in [3.63, 3.8) is 0 Å². The minimum Gasteiger partial charge on any atom is -0.459 e. The molecule has 1 N–H and O–H groups in total. The summed E-state index contributed by atoms with van der Waals surface area (Å²) in [5.74, 6) is -0.577. The molecule has 0 radical (unpaired) electrons.